The number of carbonyl (C=O) groups is 1. The lowest BCUT2D eigenvalue weighted by atomic mass is 9.95. The molecule has 0 amide bonds. The number of hydrogen-bond donors (Lipinski definition) is 0. The van der Waals surface area contributed by atoms with Gasteiger partial charge in [-0.15, -0.1) is 0 Å². The van der Waals surface area contributed by atoms with Gasteiger partial charge in [-0.1, -0.05) is 6.07 Å². The summed E-state index contributed by atoms with van der Waals surface area (Å²) in [7, 11) is -6.06. The minimum atomic E-state index is -3.95. The van der Waals surface area contributed by atoms with Gasteiger partial charge in [0, 0.05) is 6.04 Å². The number of hydrogen-bond acceptors (Lipinski definition) is 8. The Balaban J connectivity index is 1.87. The first-order valence-electron chi connectivity index (χ1n) is 10.1. The first-order valence-corrected chi connectivity index (χ1v) is 13.5. The molecule has 0 saturated carbocycles. The third-order valence-corrected chi connectivity index (χ3v) is 10.1. The number of ether oxygens (including phenoxy) is 2. The molecule has 3 rings (SSSR count). The van der Waals surface area contributed by atoms with E-state index in [-0.39, 0.29) is 28.3 Å². The molecule has 10 heteroatoms. The largest absolute Gasteiger partial charge is 0.495 e. The van der Waals surface area contributed by atoms with Gasteiger partial charge in [0.05, 0.1) is 36.4 Å². The van der Waals surface area contributed by atoms with Crippen LogP contribution in [0.15, 0.2) is 23.1 Å². The Morgan fingerprint density at radius 1 is 1.20 bits per heavy atom. The fraction of sp³-hybridized carbons (Fsp3) is 0.650. The number of benzene rings is 1. The summed E-state index contributed by atoms with van der Waals surface area (Å²) in [5, 5.41) is -1.07. The molecule has 2 aliphatic rings. The van der Waals surface area contributed by atoms with Crippen molar-refractivity contribution in [2.24, 2.45) is 5.92 Å². The maximum atomic E-state index is 13.5. The van der Waals surface area contributed by atoms with Crippen LogP contribution >= 0.6 is 0 Å². The number of rotatable bonds is 6. The summed E-state index contributed by atoms with van der Waals surface area (Å²) in [4.78, 5) is 13.9. The van der Waals surface area contributed by atoms with E-state index in [1.54, 1.807) is 26.0 Å². The zero-order chi connectivity index (χ0) is 22.1. The van der Waals surface area contributed by atoms with E-state index in [4.69, 9.17) is 9.47 Å². The summed E-state index contributed by atoms with van der Waals surface area (Å²) in [6, 6.07) is 4.23. The van der Waals surface area contributed by atoms with Gasteiger partial charge in [0.2, 0.25) is 0 Å². The van der Waals surface area contributed by atoms with Crippen LogP contribution in [0.1, 0.15) is 25.3 Å². The first kappa shape index (κ1) is 23.0. The van der Waals surface area contributed by atoms with E-state index in [1.807, 2.05) is 4.90 Å². The average Bonchev–Trinajstić information content (AvgIpc) is 3.04. The van der Waals surface area contributed by atoms with Gasteiger partial charge in [-0.25, -0.2) is 16.8 Å². The smallest absolute Gasteiger partial charge is 0.309 e. The molecular formula is C20H29NO7S2. The van der Waals surface area contributed by atoms with Crippen LogP contribution in [0.4, 0.5) is 0 Å². The molecular weight excluding hydrogens is 430 g/mol. The van der Waals surface area contributed by atoms with Crippen molar-refractivity contribution < 1.29 is 31.1 Å². The summed E-state index contributed by atoms with van der Waals surface area (Å²) in [6.45, 7) is 4.77. The molecule has 0 bridgehead atoms. The third kappa shape index (κ3) is 4.65. The predicted octanol–water partition coefficient (Wildman–Crippen LogP) is 1.22. The standard InChI is InChI=1S/C20H29NO7S2/c1-4-28-20(22)15-7-9-21(10-8-15)16-12-29(23,24)13-19(16)30(25,26)18-11-14(2)5-6-17(18)27-3/h5-6,11,15-16,19H,4,7-10,12-13H2,1-3H3/t16-,19-/m0/s1. The van der Waals surface area contributed by atoms with Gasteiger partial charge in [0.15, 0.2) is 19.7 Å². The van der Waals surface area contributed by atoms with Gasteiger partial charge >= 0.3 is 5.97 Å². The minimum absolute atomic E-state index is 0.0264. The van der Waals surface area contributed by atoms with Crippen LogP contribution in [-0.2, 0) is 29.2 Å². The topological polar surface area (TPSA) is 107 Å². The summed E-state index contributed by atoms with van der Waals surface area (Å²) in [5.41, 5.74) is 0.752. The number of carbonyl (C=O) groups excluding carboxylic acids is 1. The molecule has 1 aromatic rings. The second-order valence-corrected chi connectivity index (χ2v) is 12.2. The van der Waals surface area contributed by atoms with Crippen LogP contribution in [0, 0.1) is 12.8 Å². The molecule has 8 nitrogen and oxygen atoms in total. The summed E-state index contributed by atoms with van der Waals surface area (Å²) in [5.74, 6) is -0.870. The molecule has 0 spiro atoms. The van der Waals surface area contributed by atoms with Crippen molar-refractivity contribution in [1.82, 2.24) is 4.90 Å². The SMILES string of the molecule is CCOC(=O)C1CCN([C@H]2CS(=O)(=O)C[C@@H]2S(=O)(=O)c2cc(C)ccc2OC)CC1. The fourth-order valence-corrected chi connectivity index (χ4v) is 9.40. The molecule has 2 fully saturated rings. The molecule has 2 aliphatic heterocycles. The zero-order valence-electron chi connectivity index (χ0n) is 17.5. The van der Waals surface area contributed by atoms with E-state index in [0.717, 1.165) is 5.56 Å². The Kier molecular flexibility index (Phi) is 6.78. The highest BCUT2D eigenvalue weighted by molar-refractivity contribution is 7.96. The van der Waals surface area contributed by atoms with Gasteiger partial charge in [-0.3, -0.25) is 9.69 Å². The Morgan fingerprint density at radius 2 is 1.87 bits per heavy atom. The van der Waals surface area contributed by atoms with E-state index in [2.05, 4.69) is 0 Å². The highest BCUT2D eigenvalue weighted by Crippen LogP contribution is 2.35. The highest BCUT2D eigenvalue weighted by atomic mass is 32.2. The highest BCUT2D eigenvalue weighted by Gasteiger charge is 2.49. The van der Waals surface area contributed by atoms with Crippen LogP contribution in [0.3, 0.4) is 0 Å². The monoisotopic (exact) mass is 459 g/mol. The van der Waals surface area contributed by atoms with Crippen molar-refractivity contribution in [1.29, 1.82) is 0 Å². The van der Waals surface area contributed by atoms with Gasteiger partial charge in [0.1, 0.15) is 10.6 Å². The molecule has 2 atom stereocenters. The molecule has 2 saturated heterocycles. The summed E-state index contributed by atoms with van der Waals surface area (Å²) in [6.07, 6.45) is 1.05. The lowest BCUT2D eigenvalue weighted by Crippen LogP contribution is -2.50. The van der Waals surface area contributed by atoms with Crippen molar-refractivity contribution in [3.05, 3.63) is 23.8 Å². The van der Waals surface area contributed by atoms with Gasteiger partial charge in [0.25, 0.3) is 0 Å². The lowest BCUT2D eigenvalue weighted by Gasteiger charge is -2.36. The van der Waals surface area contributed by atoms with Gasteiger partial charge in [-0.05, 0) is 57.5 Å². The second kappa shape index (κ2) is 8.84. The predicted molar refractivity (Wildman–Crippen MR) is 112 cm³/mol. The van der Waals surface area contributed by atoms with Crippen molar-refractivity contribution >= 4 is 25.6 Å². The molecule has 1 aromatic carbocycles. The fourth-order valence-electron chi connectivity index (χ4n) is 4.33. The number of aryl methyl sites for hydroxylation is 1. The molecule has 0 N–H and O–H groups in total. The number of likely N-dealkylation sites (tertiary alicyclic amines) is 1. The molecule has 2 heterocycles. The zero-order valence-corrected chi connectivity index (χ0v) is 19.2. The van der Waals surface area contributed by atoms with Crippen LogP contribution in [0.5, 0.6) is 5.75 Å². The minimum Gasteiger partial charge on any atom is -0.495 e. The molecule has 0 aliphatic carbocycles. The number of sulfone groups is 2. The average molecular weight is 460 g/mol. The normalized spacial score (nSPS) is 25.2. The van der Waals surface area contributed by atoms with Crippen LogP contribution in [-0.4, -0.2) is 77.3 Å². The quantitative estimate of drug-likeness (QED) is 0.585. The number of nitrogens with zero attached hydrogens (tertiary/aromatic N) is 1. The Labute approximate surface area is 178 Å². The Hall–Kier alpha value is -1.65. The number of esters is 1. The van der Waals surface area contributed by atoms with Crippen molar-refractivity contribution in [2.45, 2.75) is 42.9 Å². The first-order chi connectivity index (χ1) is 14.1. The molecule has 0 aromatic heterocycles. The third-order valence-electron chi connectivity index (χ3n) is 5.91. The van der Waals surface area contributed by atoms with Crippen molar-refractivity contribution in [3.8, 4) is 5.75 Å². The van der Waals surface area contributed by atoms with Gasteiger partial charge in [-0.2, -0.15) is 0 Å². The maximum absolute atomic E-state index is 13.5. The number of piperidine rings is 1. The van der Waals surface area contributed by atoms with Gasteiger partial charge < -0.3 is 9.47 Å². The van der Waals surface area contributed by atoms with E-state index in [1.165, 1.54) is 13.2 Å². The maximum Gasteiger partial charge on any atom is 0.309 e. The second-order valence-electron chi connectivity index (χ2n) is 7.94. The van der Waals surface area contributed by atoms with Crippen molar-refractivity contribution in [3.63, 3.8) is 0 Å². The molecule has 30 heavy (non-hydrogen) atoms. The summed E-state index contributed by atoms with van der Waals surface area (Å²) >= 11 is 0. The van der Waals surface area contributed by atoms with E-state index in [9.17, 15) is 21.6 Å². The molecule has 0 radical (unpaired) electrons. The Bertz CT molecular complexity index is 996. The van der Waals surface area contributed by atoms with E-state index in [0.29, 0.717) is 32.5 Å². The van der Waals surface area contributed by atoms with Crippen molar-refractivity contribution in [2.75, 3.05) is 38.3 Å². The number of methoxy groups -OCH3 is 1. The molecule has 168 valence electrons. The Morgan fingerprint density at radius 3 is 2.47 bits per heavy atom. The molecule has 0 unspecified atom stereocenters. The lowest BCUT2D eigenvalue weighted by molar-refractivity contribution is -0.149. The van der Waals surface area contributed by atoms with Crippen LogP contribution in [0.25, 0.3) is 0 Å². The van der Waals surface area contributed by atoms with E-state index >= 15 is 0 Å². The van der Waals surface area contributed by atoms with Crippen LogP contribution < -0.4 is 4.74 Å². The van der Waals surface area contributed by atoms with E-state index < -0.39 is 36.7 Å². The van der Waals surface area contributed by atoms with Crippen LogP contribution in [0.2, 0.25) is 0 Å². The summed E-state index contributed by atoms with van der Waals surface area (Å²) < 4.78 is 62.3.